The molecule has 1 aromatic heterocycles. The Morgan fingerprint density at radius 2 is 2.17 bits per heavy atom. The van der Waals surface area contributed by atoms with Crippen LogP contribution in [-0.2, 0) is 17.8 Å². The lowest BCUT2D eigenvalue weighted by atomic mass is 10.0. The van der Waals surface area contributed by atoms with E-state index in [2.05, 4.69) is 10.3 Å². The maximum Gasteiger partial charge on any atom is 0.226 e. The summed E-state index contributed by atoms with van der Waals surface area (Å²) in [5.41, 5.74) is 1.89. The van der Waals surface area contributed by atoms with E-state index in [1.165, 1.54) is 0 Å². The van der Waals surface area contributed by atoms with Gasteiger partial charge in [0.05, 0.1) is 6.54 Å². The number of carbonyl (C=O) groups is 1. The molecule has 0 spiro atoms. The van der Waals surface area contributed by atoms with Gasteiger partial charge < -0.3 is 14.6 Å². The van der Waals surface area contributed by atoms with Gasteiger partial charge in [-0.3, -0.25) is 4.79 Å². The molecule has 2 aliphatic rings. The number of nitrogens with one attached hydrogen (secondary N) is 1. The molecule has 1 amide bonds. The quantitative estimate of drug-likeness (QED) is 0.927. The number of rotatable bonds is 3. The van der Waals surface area contributed by atoms with Crippen molar-refractivity contribution < 1.29 is 9.21 Å². The Kier molecular flexibility index (Phi) is 5.21. The zero-order valence-corrected chi connectivity index (χ0v) is 14.3. The minimum absolute atomic E-state index is 0. The minimum atomic E-state index is 0. The first-order valence-electron chi connectivity index (χ1n) is 8.32. The number of halogens is 1. The zero-order chi connectivity index (χ0) is 15.6. The van der Waals surface area contributed by atoms with Crippen molar-refractivity contribution in [2.75, 3.05) is 19.6 Å². The fourth-order valence-corrected chi connectivity index (χ4v) is 3.38. The molecule has 128 valence electrons. The van der Waals surface area contributed by atoms with Gasteiger partial charge in [0.1, 0.15) is 11.5 Å². The van der Waals surface area contributed by atoms with E-state index in [0.717, 1.165) is 49.5 Å². The summed E-state index contributed by atoms with van der Waals surface area (Å²) in [7, 11) is 0. The number of oxazole rings is 1. The Hall–Kier alpha value is -1.85. The Bertz CT molecular complexity index is 696. The first-order valence-corrected chi connectivity index (χ1v) is 8.32. The molecule has 3 heterocycles. The molecular weight excluding hydrogens is 326 g/mol. The number of hydrogen-bond acceptors (Lipinski definition) is 4. The Balaban J connectivity index is 0.00000169. The minimum Gasteiger partial charge on any atom is -0.441 e. The van der Waals surface area contributed by atoms with Gasteiger partial charge in [0.15, 0.2) is 0 Å². The molecule has 0 saturated carbocycles. The summed E-state index contributed by atoms with van der Waals surface area (Å²) in [6, 6.07) is 9.92. The van der Waals surface area contributed by atoms with Crippen LogP contribution in [0.3, 0.4) is 0 Å². The van der Waals surface area contributed by atoms with Gasteiger partial charge in [-0.1, -0.05) is 18.2 Å². The van der Waals surface area contributed by atoms with Crippen molar-refractivity contribution in [3.63, 3.8) is 0 Å². The highest BCUT2D eigenvalue weighted by molar-refractivity contribution is 5.85. The maximum atomic E-state index is 12.5. The third kappa shape index (κ3) is 3.47. The van der Waals surface area contributed by atoms with Gasteiger partial charge in [-0.05, 0) is 37.6 Å². The monoisotopic (exact) mass is 347 g/mol. The van der Waals surface area contributed by atoms with Crippen LogP contribution in [0.15, 0.2) is 34.7 Å². The van der Waals surface area contributed by atoms with E-state index in [1.54, 1.807) is 0 Å². The molecule has 24 heavy (non-hydrogen) atoms. The summed E-state index contributed by atoms with van der Waals surface area (Å²) in [6.45, 7) is 3.30. The van der Waals surface area contributed by atoms with Crippen molar-refractivity contribution >= 4 is 18.3 Å². The fraction of sp³-hybridized carbons (Fsp3) is 0.444. The SMILES string of the molecule is Cl.O=C(CC1CCNC1)N1CCc2oc(-c3ccccc3)nc2C1. The van der Waals surface area contributed by atoms with Crippen molar-refractivity contribution in [2.45, 2.75) is 25.8 Å². The van der Waals surface area contributed by atoms with Crippen molar-refractivity contribution in [3.05, 3.63) is 41.8 Å². The molecule has 1 N–H and O–H groups in total. The summed E-state index contributed by atoms with van der Waals surface area (Å²) in [5, 5.41) is 3.32. The largest absolute Gasteiger partial charge is 0.441 e. The Labute approximate surface area is 147 Å². The molecule has 2 aliphatic heterocycles. The predicted octanol–water partition coefficient (Wildman–Crippen LogP) is 2.65. The molecule has 1 saturated heterocycles. The molecular formula is C18H22ClN3O2. The molecule has 6 heteroatoms. The summed E-state index contributed by atoms with van der Waals surface area (Å²) < 4.78 is 5.89. The first-order chi connectivity index (χ1) is 11.3. The van der Waals surface area contributed by atoms with E-state index in [0.29, 0.717) is 24.8 Å². The molecule has 0 radical (unpaired) electrons. The number of amides is 1. The van der Waals surface area contributed by atoms with Crippen molar-refractivity contribution in [3.8, 4) is 11.5 Å². The van der Waals surface area contributed by atoms with Crippen molar-refractivity contribution in [1.82, 2.24) is 15.2 Å². The third-order valence-electron chi connectivity index (χ3n) is 4.73. The predicted molar refractivity (Wildman–Crippen MR) is 93.9 cm³/mol. The van der Waals surface area contributed by atoms with E-state index in [4.69, 9.17) is 4.42 Å². The number of aromatic nitrogens is 1. The van der Waals surface area contributed by atoms with Crippen LogP contribution in [0.1, 0.15) is 24.3 Å². The van der Waals surface area contributed by atoms with Gasteiger partial charge in [-0.25, -0.2) is 4.98 Å². The van der Waals surface area contributed by atoms with E-state index in [9.17, 15) is 4.79 Å². The average Bonchev–Trinajstić information content (AvgIpc) is 3.24. The molecule has 0 bridgehead atoms. The van der Waals surface area contributed by atoms with Gasteiger partial charge in [0.2, 0.25) is 11.8 Å². The van der Waals surface area contributed by atoms with Crippen LogP contribution in [0, 0.1) is 5.92 Å². The number of hydrogen-bond donors (Lipinski definition) is 1. The third-order valence-corrected chi connectivity index (χ3v) is 4.73. The lowest BCUT2D eigenvalue weighted by molar-refractivity contribution is -0.133. The van der Waals surface area contributed by atoms with Gasteiger partial charge in [0.25, 0.3) is 0 Å². The van der Waals surface area contributed by atoms with Gasteiger partial charge in [0, 0.05) is 24.9 Å². The molecule has 0 aliphatic carbocycles. The second-order valence-electron chi connectivity index (χ2n) is 6.38. The van der Waals surface area contributed by atoms with Crippen LogP contribution in [-0.4, -0.2) is 35.4 Å². The standard InChI is InChI=1S/C18H21N3O2.ClH/c22-17(10-13-6-8-19-11-13)21-9-7-16-15(12-21)20-18(23-16)14-4-2-1-3-5-14;/h1-5,13,19H,6-12H2;1H. The number of nitrogens with zero attached hydrogens (tertiary/aromatic N) is 2. The lowest BCUT2D eigenvalue weighted by Gasteiger charge is -2.26. The van der Waals surface area contributed by atoms with Gasteiger partial charge in [-0.15, -0.1) is 12.4 Å². The van der Waals surface area contributed by atoms with Crippen molar-refractivity contribution in [1.29, 1.82) is 0 Å². The smallest absolute Gasteiger partial charge is 0.226 e. The van der Waals surface area contributed by atoms with Crippen LogP contribution < -0.4 is 5.32 Å². The maximum absolute atomic E-state index is 12.5. The van der Waals surface area contributed by atoms with Gasteiger partial charge >= 0.3 is 0 Å². The molecule has 4 rings (SSSR count). The zero-order valence-electron chi connectivity index (χ0n) is 13.5. The Morgan fingerprint density at radius 3 is 2.92 bits per heavy atom. The normalized spacial score (nSPS) is 19.7. The lowest BCUT2D eigenvalue weighted by Crippen LogP contribution is -2.36. The van der Waals surface area contributed by atoms with Crippen LogP contribution in [0.2, 0.25) is 0 Å². The summed E-state index contributed by atoms with van der Waals surface area (Å²) >= 11 is 0. The summed E-state index contributed by atoms with van der Waals surface area (Å²) in [4.78, 5) is 19.0. The summed E-state index contributed by atoms with van der Waals surface area (Å²) in [6.07, 6.45) is 2.50. The molecule has 1 atom stereocenters. The van der Waals surface area contributed by atoms with Crippen LogP contribution >= 0.6 is 12.4 Å². The topological polar surface area (TPSA) is 58.4 Å². The summed E-state index contributed by atoms with van der Waals surface area (Å²) in [5.74, 6) is 2.31. The van der Waals surface area contributed by atoms with Gasteiger partial charge in [-0.2, -0.15) is 0 Å². The molecule has 1 unspecified atom stereocenters. The number of carbonyl (C=O) groups excluding carboxylic acids is 1. The van der Waals surface area contributed by atoms with E-state index < -0.39 is 0 Å². The number of benzene rings is 1. The average molecular weight is 348 g/mol. The second-order valence-corrected chi connectivity index (χ2v) is 6.38. The van der Waals surface area contributed by atoms with Crippen LogP contribution in [0.5, 0.6) is 0 Å². The van der Waals surface area contributed by atoms with Crippen molar-refractivity contribution in [2.24, 2.45) is 5.92 Å². The molecule has 1 aromatic carbocycles. The molecule has 5 nitrogen and oxygen atoms in total. The highest BCUT2D eigenvalue weighted by Gasteiger charge is 2.27. The van der Waals surface area contributed by atoms with Crippen LogP contribution in [0.25, 0.3) is 11.5 Å². The second kappa shape index (κ2) is 7.36. The van der Waals surface area contributed by atoms with E-state index >= 15 is 0 Å². The van der Waals surface area contributed by atoms with E-state index in [1.807, 2.05) is 35.2 Å². The van der Waals surface area contributed by atoms with Crippen LogP contribution in [0.4, 0.5) is 0 Å². The molecule has 1 fully saturated rings. The van der Waals surface area contributed by atoms with E-state index in [-0.39, 0.29) is 18.3 Å². The highest BCUT2D eigenvalue weighted by atomic mass is 35.5. The Morgan fingerprint density at radius 1 is 1.33 bits per heavy atom. The highest BCUT2D eigenvalue weighted by Crippen LogP contribution is 2.26. The molecule has 2 aromatic rings. The number of fused-ring (bicyclic) bond motifs is 1. The first kappa shape index (κ1) is 17.0. The fourth-order valence-electron chi connectivity index (χ4n) is 3.38.